The lowest BCUT2D eigenvalue weighted by Gasteiger charge is -2.00. The summed E-state index contributed by atoms with van der Waals surface area (Å²) in [6.45, 7) is 2.89. The standard InChI is InChI=1S/C19H18N2O4/c1-15(23)25-19-8-4-17(5-9-19)13-21-11-10-20-12-16-2-6-18(7-3-16)24-14-22/h2-9,12-14H,10-11H2,1H3. The summed E-state index contributed by atoms with van der Waals surface area (Å²) in [7, 11) is 0. The van der Waals surface area contributed by atoms with Crippen molar-refractivity contribution in [3.05, 3.63) is 59.7 Å². The van der Waals surface area contributed by atoms with Crippen molar-refractivity contribution in [1.29, 1.82) is 0 Å². The predicted molar refractivity (Wildman–Crippen MR) is 95.8 cm³/mol. The van der Waals surface area contributed by atoms with Gasteiger partial charge >= 0.3 is 5.97 Å². The molecule has 25 heavy (non-hydrogen) atoms. The lowest BCUT2D eigenvalue weighted by Crippen LogP contribution is -2.01. The lowest BCUT2D eigenvalue weighted by atomic mass is 10.2. The predicted octanol–water partition coefficient (Wildman–Crippen LogP) is 2.69. The number of carbonyl (C=O) groups excluding carboxylic acids is 2. The van der Waals surface area contributed by atoms with E-state index in [0.29, 0.717) is 31.1 Å². The van der Waals surface area contributed by atoms with Crippen LogP contribution in [0.4, 0.5) is 0 Å². The monoisotopic (exact) mass is 338 g/mol. The van der Waals surface area contributed by atoms with Gasteiger partial charge in [-0.2, -0.15) is 0 Å². The Hall–Kier alpha value is -3.28. The topological polar surface area (TPSA) is 77.3 Å². The number of nitrogens with zero attached hydrogens (tertiary/aromatic N) is 2. The average Bonchev–Trinajstić information content (AvgIpc) is 2.60. The molecule has 0 N–H and O–H groups in total. The molecule has 0 spiro atoms. The third kappa shape index (κ3) is 6.78. The van der Waals surface area contributed by atoms with Gasteiger partial charge in [-0.05, 0) is 59.7 Å². The summed E-state index contributed by atoms with van der Waals surface area (Å²) in [5.74, 6) is 0.667. The first kappa shape index (κ1) is 18.1. The van der Waals surface area contributed by atoms with Gasteiger partial charge in [-0.25, -0.2) is 0 Å². The minimum Gasteiger partial charge on any atom is -0.429 e. The summed E-state index contributed by atoms with van der Waals surface area (Å²) >= 11 is 0. The first-order chi connectivity index (χ1) is 12.2. The van der Waals surface area contributed by atoms with E-state index in [4.69, 9.17) is 9.47 Å². The van der Waals surface area contributed by atoms with Crippen molar-refractivity contribution in [2.75, 3.05) is 13.1 Å². The minimum atomic E-state index is -0.342. The Balaban J connectivity index is 1.75. The molecular formula is C19H18N2O4. The maximum absolute atomic E-state index is 10.8. The van der Waals surface area contributed by atoms with Crippen LogP contribution in [0.15, 0.2) is 58.5 Å². The van der Waals surface area contributed by atoms with Gasteiger partial charge in [0.25, 0.3) is 6.47 Å². The Morgan fingerprint density at radius 1 is 0.880 bits per heavy atom. The van der Waals surface area contributed by atoms with Crippen LogP contribution < -0.4 is 9.47 Å². The zero-order chi connectivity index (χ0) is 17.9. The first-order valence-corrected chi connectivity index (χ1v) is 7.66. The molecule has 6 heteroatoms. The molecule has 6 nitrogen and oxygen atoms in total. The van der Waals surface area contributed by atoms with Crippen LogP contribution >= 0.6 is 0 Å². The van der Waals surface area contributed by atoms with Gasteiger partial charge in [0.1, 0.15) is 11.5 Å². The summed E-state index contributed by atoms with van der Waals surface area (Å²) < 4.78 is 9.68. The molecule has 0 saturated heterocycles. The normalized spacial score (nSPS) is 10.9. The summed E-state index contributed by atoms with van der Waals surface area (Å²) in [5, 5.41) is 0. The number of rotatable bonds is 8. The molecule has 0 aliphatic rings. The van der Waals surface area contributed by atoms with Crippen LogP contribution in [-0.4, -0.2) is 38.0 Å². The van der Waals surface area contributed by atoms with E-state index in [1.54, 1.807) is 36.7 Å². The van der Waals surface area contributed by atoms with Crippen molar-refractivity contribution >= 4 is 24.9 Å². The molecule has 0 aliphatic carbocycles. The van der Waals surface area contributed by atoms with Crippen LogP contribution in [0.25, 0.3) is 0 Å². The van der Waals surface area contributed by atoms with E-state index < -0.39 is 0 Å². The molecule has 2 rings (SSSR count). The lowest BCUT2D eigenvalue weighted by molar-refractivity contribution is -0.131. The van der Waals surface area contributed by atoms with Gasteiger partial charge < -0.3 is 9.47 Å². The molecule has 0 atom stereocenters. The highest BCUT2D eigenvalue weighted by Crippen LogP contribution is 2.11. The molecule has 2 aromatic rings. The van der Waals surface area contributed by atoms with Crippen molar-refractivity contribution < 1.29 is 19.1 Å². The Morgan fingerprint density at radius 3 is 1.80 bits per heavy atom. The number of esters is 1. The Bertz CT molecular complexity index is 750. The SMILES string of the molecule is CC(=O)Oc1ccc(C=NCCN=Cc2ccc(OC=O)cc2)cc1. The number of benzene rings is 2. The molecule has 0 aromatic heterocycles. The second-order valence-corrected chi connectivity index (χ2v) is 5.02. The zero-order valence-corrected chi connectivity index (χ0v) is 13.8. The second-order valence-electron chi connectivity index (χ2n) is 5.02. The summed E-state index contributed by atoms with van der Waals surface area (Å²) in [4.78, 5) is 29.6. The van der Waals surface area contributed by atoms with Crippen LogP contribution in [0.3, 0.4) is 0 Å². The van der Waals surface area contributed by atoms with E-state index in [9.17, 15) is 9.59 Å². The molecule has 0 heterocycles. The summed E-state index contributed by atoms with van der Waals surface area (Å²) in [6, 6.07) is 14.1. The molecule has 0 fully saturated rings. The molecule has 0 amide bonds. The van der Waals surface area contributed by atoms with Gasteiger partial charge in [0.2, 0.25) is 0 Å². The third-order valence-corrected chi connectivity index (χ3v) is 3.04. The molecule has 0 bridgehead atoms. The Kier molecular flexibility index (Phi) is 7.06. The van der Waals surface area contributed by atoms with Crippen LogP contribution in [0.5, 0.6) is 11.5 Å². The van der Waals surface area contributed by atoms with E-state index in [0.717, 1.165) is 11.1 Å². The van der Waals surface area contributed by atoms with E-state index in [1.807, 2.05) is 24.3 Å². The molecule has 0 radical (unpaired) electrons. The first-order valence-electron chi connectivity index (χ1n) is 7.66. The fourth-order valence-electron chi connectivity index (χ4n) is 1.93. The summed E-state index contributed by atoms with van der Waals surface area (Å²) in [5.41, 5.74) is 1.84. The number of ether oxygens (including phenoxy) is 2. The van der Waals surface area contributed by atoms with E-state index in [1.165, 1.54) is 6.92 Å². The van der Waals surface area contributed by atoms with Crippen LogP contribution in [0.2, 0.25) is 0 Å². The fraction of sp³-hybridized carbons (Fsp3) is 0.158. The number of carbonyl (C=O) groups is 2. The van der Waals surface area contributed by atoms with Gasteiger partial charge in [-0.15, -0.1) is 0 Å². The molecule has 0 aliphatic heterocycles. The largest absolute Gasteiger partial charge is 0.429 e. The number of hydrogen-bond donors (Lipinski definition) is 0. The van der Waals surface area contributed by atoms with Gasteiger partial charge in [-0.1, -0.05) is 0 Å². The van der Waals surface area contributed by atoms with E-state index >= 15 is 0 Å². The molecule has 0 saturated carbocycles. The molecule has 2 aromatic carbocycles. The maximum atomic E-state index is 10.8. The van der Waals surface area contributed by atoms with Crippen LogP contribution in [0.1, 0.15) is 18.1 Å². The van der Waals surface area contributed by atoms with Crippen molar-refractivity contribution in [2.45, 2.75) is 6.92 Å². The Morgan fingerprint density at radius 2 is 1.36 bits per heavy atom. The molecule has 128 valence electrons. The zero-order valence-electron chi connectivity index (χ0n) is 13.8. The quantitative estimate of drug-likeness (QED) is 0.244. The number of hydrogen-bond acceptors (Lipinski definition) is 6. The van der Waals surface area contributed by atoms with Gasteiger partial charge in [0.05, 0.1) is 13.1 Å². The highest BCUT2D eigenvalue weighted by molar-refractivity contribution is 5.80. The second kappa shape index (κ2) is 9.77. The average molecular weight is 338 g/mol. The third-order valence-electron chi connectivity index (χ3n) is 3.04. The van der Waals surface area contributed by atoms with Gasteiger partial charge in [0, 0.05) is 19.4 Å². The van der Waals surface area contributed by atoms with Crippen molar-refractivity contribution in [3.63, 3.8) is 0 Å². The maximum Gasteiger partial charge on any atom is 0.308 e. The Labute approximate surface area is 145 Å². The van der Waals surface area contributed by atoms with Crippen molar-refractivity contribution in [1.82, 2.24) is 0 Å². The van der Waals surface area contributed by atoms with Crippen molar-refractivity contribution in [2.24, 2.45) is 9.98 Å². The van der Waals surface area contributed by atoms with Crippen molar-refractivity contribution in [3.8, 4) is 11.5 Å². The van der Waals surface area contributed by atoms with Gasteiger partial charge in [-0.3, -0.25) is 19.6 Å². The van der Waals surface area contributed by atoms with E-state index in [2.05, 4.69) is 9.98 Å². The van der Waals surface area contributed by atoms with Crippen LogP contribution in [0, 0.1) is 0 Å². The molecule has 0 unspecified atom stereocenters. The highest BCUT2D eigenvalue weighted by Gasteiger charge is 1.96. The summed E-state index contributed by atoms with van der Waals surface area (Å²) in [6.07, 6.45) is 3.49. The smallest absolute Gasteiger partial charge is 0.308 e. The number of aliphatic imine (C=N–C) groups is 2. The fourth-order valence-corrected chi connectivity index (χ4v) is 1.93. The molecular weight excluding hydrogens is 320 g/mol. The van der Waals surface area contributed by atoms with Crippen LogP contribution in [-0.2, 0) is 9.59 Å². The van der Waals surface area contributed by atoms with Gasteiger partial charge in [0.15, 0.2) is 0 Å². The minimum absolute atomic E-state index is 0.342. The highest BCUT2D eigenvalue weighted by atomic mass is 16.5. The van der Waals surface area contributed by atoms with E-state index in [-0.39, 0.29) is 5.97 Å².